The monoisotopic (exact) mass is 304 g/mol. The van der Waals surface area contributed by atoms with Gasteiger partial charge in [0.25, 0.3) is 0 Å². The Morgan fingerprint density at radius 2 is 1.76 bits per heavy atom. The summed E-state index contributed by atoms with van der Waals surface area (Å²) in [5.74, 6) is -0.616. The summed E-state index contributed by atoms with van der Waals surface area (Å²) in [6.45, 7) is 2.53. The molecule has 0 aromatic carbocycles. The van der Waals surface area contributed by atoms with Crippen molar-refractivity contribution in [2.45, 2.75) is 19.8 Å². The maximum absolute atomic E-state index is 11.4. The Kier molecular flexibility index (Phi) is 12.5. The highest BCUT2D eigenvalue weighted by Crippen LogP contribution is 1.84. The number of nitrogens with one attached hydrogen (secondary N) is 2. The third kappa shape index (κ3) is 13.2. The Labute approximate surface area is 124 Å². The largest absolute Gasteiger partial charge is 0.394 e. The predicted octanol–water partition coefficient (Wildman–Crippen LogP) is -1.39. The number of carbonyl (C=O) groups excluding carboxylic acids is 3. The van der Waals surface area contributed by atoms with Crippen LogP contribution in [0.2, 0.25) is 0 Å². The number of hydrogen-bond donors (Lipinski definition) is 3. The van der Waals surface area contributed by atoms with Crippen LogP contribution in [0, 0.1) is 0 Å². The lowest BCUT2D eigenvalue weighted by molar-refractivity contribution is -0.127. The summed E-state index contributed by atoms with van der Waals surface area (Å²) >= 11 is 0. The van der Waals surface area contributed by atoms with Gasteiger partial charge in [-0.2, -0.15) is 0 Å². The number of ketones is 1. The Bertz CT molecular complexity index is 322. The van der Waals surface area contributed by atoms with Crippen LogP contribution < -0.4 is 10.6 Å². The van der Waals surface area contributed by atoms with E-state index in [-0.39, 0.29) is 70.1 Å². The molecule has 0 aromatic rings. The van der Waals surface area contributed by atoms with Crippen molar-refractivity contribution in [2.75, 3.05) is 46.1 Å². The summed E-state index contributed by atoms with van der Waals surface area (Å²) in [6.07, 6.45) is 0.565. The Hall–Kier alpha value is -1.51. The highest BCUT2D eigenvalue weighted by molar-refractivity contribution is 5.84. The number of hydrogen-bond acceptors (Lipinski definition) is 6. The molecule has 0 rings (SSSR count). The van der Waals surface area contributed by atoms with Gasteiger partial charge in [0, 0.05) is 19.4 Å². The molecule has 0 atom stereocenters. The fourth-order valence-electron chi connectivity index (χ4n) is 1.21. The van der Waals surface area contributed by atoms with Crippen LogP contribution in [-0.2, 0) is 23.9 Å². The quantitative estimate of drug-likeness (QED) is 0.361. The van der Waals surface area contributed by atoms with Gasteiger partial charge in [-0.25, -0.2) is 0 Å². The third-order valence-electron chi connectivity index (χ3n) is 2.38. The summed E-state index contributed by atoms with van der Waals surface area (Å²) in [5.41, 5.74) is 0. The number of rotatable bonds is 13. The molecule has 0 saturated carbocycles. The minimum atomic E-state index is -0.329. The van der Waals surface area contributed by atoms with Gasteiger partial charge in [-0.05, 0) is 0 Å². The van der Waals surface area contributed by atoms with Crippen LogP contribution in [0.25, 0.3) is 0 Å². The molecule has 2 amide bonds. The minimum absolute atomic E-state index is 0.0111. The van der Waals surface area contributed by atoms with Crippen molar-refractivity contribution >= 4 is 17.6 Å². The summed E-state index contributed by atoms with van der Waals surface area (Å²) < 4.78 is 9.97. The van der Waals surface area contributed by atoms with Gasteiger partial charge >= 0.3 is 0 Å². The van der Waals surface area contributed by atoms with E-state index in [9.17, 15) is 14.4 Å². The molecule has 0 aliphatic heterocycles. The lowest BCUT2D eigenvalue weighted by atomic mass is 10.3. The zero-order valence-corrected chi connectivity index (χ0v) is 12.4. The van der Waals surface area contributed by atoms with E-state index in [1.165, 1.54) is 0 Å². The molecule has 0 aliphatic carbocycles. The molecule has 122 valence electrons. The first-order valence-electron chi connectivity index (χ1n) is 6.91. The van der Waals surface area contributed by atoms with Crippen LogP contribution in [0.3, 0.4) is 0 Å². The second-order valence-electron chi connectivity index (χ2n) is 4.16. The van der Waals surface area contributed by atoms with E-state index in [4.69, 9.17) is 14.6 Å². The number of amides is 2. The lowest BCUT2D eigenvalue weighted by Crippen LogP contribution is -2.38. The fraction of sp³-hybridized carbons (Fsp3) is 0.769. The van der Waals surface area contributed by atoms with E-state index in [2.05, 4.69) is 10.6 Å². The van der Waals surface area contributed by atoms with Crippen LogP contribution in [-0.4, -0.2) is 68.8 Å². The first-order chi connectivity index (χ1) is 10.1. The van der Waals surface area contributed by atoms with Gasteiger partial charge in [0.15, 0.2) is 5.78 Å². The van der Waals surface area contributed by atoms with Crippen molar-refractivity contribution in [3.8, 4) is 0 Å². The van der Waals surface area contributed by atoms with Gasteiger partial charge in [0.1, 0.15) is 6.61 Å². The molecule has 0 bridgehead atoms. The Morgan fingerprint density at radius 3 is 2.43 bits per heavy atom. The number of Topliss-reactive ketones (excluding diaryl/α,β-unsaturated/α-hetero) is 1. The maximum atomic E-state index is 11.4. The van der Waals surface area contributed by atoms with Crippen LogP contribution >= 0.6 is 0 Å². The predicted molar refractivity (Wildman–Crippen MR) is 74.7 cm³/mol. The first kappa shape index (κ1) is 19.5. The van der Waals surface area contributed by atoms with Crippen molar-refractivity contribution in [3.63, 3.8) is 0 Å². The van der Waals surface area contributed by atoms with Gasteiger partial charge < -0.3 is 25.2 Å². The van der Waals surface area contributed by atoms with Crippen molar-refractivity contribution in [3.05, 3.63) is 0 Å². The zero-order chi connectivity index (χ0) is 15.9. The average molecular weight is 304 g/mol. The standard InChI is InChI=1S/C13H24N2O6/c1-2-11(17)10-21-7-4-14-13(19)9-15-12(18)3-6-20-8-5-16/h16H,2-10H2,1H3,(H,14,19)(H,15,18). The molecule has 0 radical (unpaired) electrons. The van der Waals surface area contributed by atoms with Crippen LogP contribution in [0.1, 0.15) is 19.8 Å². The van der Waals surface area contributed by atoms with Gasteiger partial charge in [-0.3, -0.25) is 14.4 Å². The highest BCUT2D eigenvalue weighted by Gasteiger charge is 2.05. The lowest BCUT2D eigenvalue weighted by Gasteiger charge is -2.07. The molecule has 8 nitrogen and oxygen atoms in total. The summed E-state index contributed by atoms with van der Waals surface area (Å²) in [6, 6.07) is 0. The molecule has 0 aliphatic rings. The molecule has 0 spiro atoms. The number of aliphatic hydroxyl groups is 1. The van der Waals surface area contributed by atoms with Gasteiger partial charge in [-0.15, -0.1) is 0 Å². The summed E-state index contributed by atoms with van der Waals surface area (Å²) in [7, 11) is 0. The molecule has 0 saturated heterocycles. The molecular weight excluding hydrogens is 280 g/mol. The third-order valence-corrected chi connectivity index (χ3v) is 2.38. The van der Waals surface area contributed by atoms with Gasteiger partial charge in [-0.1, -0.05) is 6.92 Å². The van der Waals surface area contributed by atoms with E-state index in [0.29, 0.717) is 6.42 Å². The fourth-order valence-corrected chi connectivity index (χ4v) is 1.21. The van der Waals surface area contributed by atoms with Gasteiger partial charge in [0.05, 0.1) is 33.0 Å². The van der Waals surface area contributed by atoms with E-state index in [1.807, 2.05) is 0 Å². The topological polar surface area (TPSA) is 114 Å². The zero-order valence-electron chi connectivity index (χ0n) is 12.4. The molecule has 3 N–H and O–H groups in total. The van der Waals surface area contributed by atoms with Crippen LogP contribution in [0.5, 0.6) is 0 Å². The first-order valence-corrected chi connectivity index (χ1v) is 6.91. The Balaban J connectivity index is 3.45. The van der Waals surface area contributed by atoms with Crippen molar-refractivity contribution in [1.29, 1.82) is 0 Å². The highest BCUT2D eigenvalue weighted by atomic mass is 16.5. The average Bonchev–Trinajstić information content (AvgIpc) is 2.48. The minimum Gasteiger partial charge on any atom is -0.394 e. The van der Waals surface area contributed by atoms with E-state index < -0.39 is 0 Å². The normalized spacial score (nSPS) is 10.2. The molecular formula is C13H24N2O6. The SMILES string of the molecule is CCC(=O)COCCNC(=O)CNC(=O)CCOCCO. The molecule has 0 fully saturated rings. The number of aliphatic hydroxyl groups excluding tert-OH is 1. The van der Waals surface area contributed by atoms with Crippen LogP contribution in [0.15, 0.2) is 0 Å². The summed E-state index contributed by atoms with van der Waals surface area (Å²) in [4.78, 5) is 33.6. The van der Waals surface area contributed by atoms with Gasteiger partial charge in [0.2, 0.25) is 11.8 Å². The van der Waals surface area contributed by atoms with Crippen molar-refractivity contribution in [2.24, 2.45) is 0 Å². The molecule has 0 aromatic heterocycles. The van der Waals surface area contributed by atoms with Crippen LogP contribution in [0.4, 0.5) is 0 Å². The molecule has 0 heterocycles. The number of carbonyl (C=O) groups is 3. The van der Waals surface area contributed by atoms with E-state index in [0.717, 1.165) is 0 Å². The second-order valence-corrected chi connectivity index (χ2v) is 4.16. The molecule has 0 unspecified atom stereocenters. The van der Waals surface area contributed by atoms with E-state index in [1.54, 1.807) is 6.92 Å². The maximum Gasteiger partial charge on any atom is 0.239 e. The second kappa shape index (κ2) is 13.5. The van der Waals surface area contributed by atoms with Crippen molar-refractivity contribution in [1.82, 2.24) is 10.6 Å². The summed E-state index contributed by atoms with van der Waals surface area (Å²) in [5, 5.41) is 13.5. The Morgan fingerprint density at radius 1 is 1.00 bits per heavy atom. The number of ether oxygens (including phenoxy) is 2. The van der Waals surface area contributed by atoms with Crippen molar-refractivity contribution < 1.29 is 29.0 Å². The smallest absolute Gasteiger partial charge is 0.239 e. The molecule has 21 heavy (non-hydrogen) atoms. The van der Waals surface area contributed by atoms with E-state index >= 15 is 0 Å². The molecule has 8 heteroatoms.